The SMILES string of the molecule is Cc1ccc(-c2ccc3c(c2)c(-c2cccc4ccccc24)c(-c2cccc4ccccc24)c2cc(-c4cc5ccccc5cc4-c4ccccc4)ccc23)cc1. The topological polar surface area (TPSA) is 0 Å². The minimum absolute atomic E-state index is 1.20. The van der Waals surface area contributed by atoms with E-state index in [1.54, 1.807) is 0 Å². The summed E-state index contributed by atoms with van der Waals surface area (Å²) in [5.41, 5.74) is 13.6. The third-order valence-corrected chi connectivity index (χ3v) is 11.9. The van der Waals surface area contributed by atoms with Crippen LogP contribution in [-0.4, -0.2) is 0 Å². The summed E-state index contributed by atoms with van der Waals surface area (Å²) in [4.78, 5) is 0. The Bertz CT molecular complexity index is 3320. The first-order valence-corrected chi connectivity index (χ1v) is 19.8. The lowest BCUT2D eigenvalue weighted by molar-refractivity contribution is 1.47. The minimum Gasteiger partial charge on any atom is -0.0622 e. The van der Waals surface area contributed by atoms with Gasteiger partial charge in [-0.2, -0.15) is 0 Å². The third-order valence-electron chi connectivity index (χ3n) is 11.9. The van der Waals surface area contributed by atoms with Crippen molar-refractivity contribution in [3.8, 4) is 55.6 Å². The van der Waals surface area contributed by atoms with Crippen LogP contribution in [0, 0.1) is 6.92 Å². The highest BCUT2D eigenvalue weighted by molar-refractivity contribution is 6.26. The van der Waals surface area contributed by atoms with Gasteiger partial charge >= 0.3 is 0 Å². The highest BCUT2D eigenvalue weighted by Crippen LogP contribution is 2.50. The molecule has 0 aromatic heterocycles. The Labute approximate surface area is 332 Å². The zero-order valence-electron chi connectivity index (χ0n) is 31.7. The first kappa shape index (κ1) is 33.1. The van der Waals surface area contributed by atoms with Gasteiger partial charge in [0.15, 0.2) is 0 Å². The van der Waals surface area contributed by atoms with Crippen LogP contribution in [0.3, 0.4) is 0 Å². The lowest BCUT2D eigenvalue weighted by Crippen LogP contribution is -1.95. The number of hydrogen-bond donors (Lipinski definition) is 0. The van der Waals surface area contributed by atoms with Crippen LogP contribution in [0.2, 0.25) is 0 Å². The molecule has 0 fully saturated rings. The Morgan fingerprint density at radius 1 is 0.228 bits per heavy atom. The number of rotatable bonds is 5. The Morgan fingerprint density at radius 2 is 0.667 bits per heavy atom. The molecule has 11 rings (SSSR count). The summed E-state index contributed by atoms with van der Waals surface area (Å²) < 4.78 is 0. The van der Waals surface area contributed by atoms with E-state index in [2.05, 4.69) is 219 Å². The van der Waals surface area contributed by atoms with E-state index in [4.69, 9.17) is 0 Å². The first-order chi connectivity index (χ1) is 28.2. The summed E-state index contributed by atoms with van der Waals surface area (Å²) in [6.45, 7) is 2.15. The fourth-order valence-corrected chi connectivity index (χ4v) is 9.12. The second-order valence-electron chi connectivity index (χ2n) is 15.3. The van der Waals surface area contributed by atoms with Crippen molar-refractivity contribution in [2.24, 2.45) is 0 Å². The number of benzene rings is 11. The van der Waals surface area contributed by atoms with Crippen LogP contribution in [0.1, 0.15) is 5.56 Å². The maximum atomic E-state index is 2.48. The van der Waals surface area contributed by atoms with Gasteiger partial charge in [-0.25, -0.2) is 0 Å². The second-order valence-corrected chi connectivity index (χ2v) is 15.3. The van der Waals surface area contributed by atoms with E-state index in [-0.39, 0.29) is 0 Å². The molecule has 0 heterocycles. The Kier molecular flexibility index (Phi) is 7.83. The van der Waals surface area contributed by atoms with Crippen LogP contribution < -0.4 is 0 Å². The molecule has 11 aromatic carbocycles. The van der Waals surface area contributed by atoms with Crippen LogP contribution in [-0.2, 0) is 0 Å². The molecule has 57 heavy (non-hydrogen) atoms. The molecule has 0 spiro atoms. The summed E-state index contributed by atoms with van der Waals surface area (Å²) >= 11 is 0. The average molecular weight is 723 g/mol. The molecule has 0 saturated heterocycles. The van der Waals surface area contributed by atoms with Gasteiger partial charge in [0.25, 0.3) is 0 Å². The van der Waals surface area contributed by atoms with Crippen molar-refractivity contribution in [1.82, 2.24) is 0 Å². The van der Waals surface area contributed by atoms with Crippen LogP contribution in [0.5, 0.6) is 0 Å². The van der Waals surface area contributed by atoms with Gasteiger partial charge < -0.3 is 0 Å². The lowest BCUT2D eigenvalue weighted by atomic mass is 9.80. The van der Waals surface area contributed by atoms with E-state index in [1.807, 2.05) is 0 Å². The molecule has 0 saturated carbocycles. The zero-order valence-corrected chi connectivity index (χ0v) is 31.7. The van der Waals surface area contributed by atoms with Gasteiger partial charge in [0, 0.05) is 0 Å². The Hall–Kier alpha value is -7.28. The van der Waals surface area contributed by atoms with Crippen LogP contribution in [0.15, 0.2) is 212 Å². The predicted molar refractivity (Wildman–Crippen MR) is 246 cm³/mol. The van der Waals surface area contributed by atoms with Crippen LogP contribution >= 0.6 is 0 Å². The molecule has 0 bridgehead atoms. The van der Waals surface area contributed by atoms with E-state index < -0.39 is 0 Å². The van der Waals surface area contributed by atoms with E-state index >= 15 is 0 Å². The Morgan fingerprint density at radius 3 is 1.25 bits per heavy atom. The summed E-state index contributed by atoms with van der Waals surface area (Å²) in [5, 5.41) is 12.4. The highest BCUT2D eigenvalue weighted by Gasteiger charge is 2.22. The Balaban J connectivity index is 1.32. The van der Waals surface area contributed by atoms with Crippen molar-refractivity contribution in [1.29, 1.82) is 0 Å². The van der Waals surface area contributed by atoms with Crippen molar-refractivity contribution in [2.75, 3.05) is 0 Å². The molecular formula is C57H38. The van der Waals surface area contributed by atoms with Crippen LogP contribution in [0.25, 0.3) is 109 Å². The monoisotopic (exact) mass is 722 g/mol. The van der Waals surface area contributed by atoms with Gasteiger partial charge in [-0.05, 0) is 141 Å². The molecule has 0 unspecified atom stereocenters. The van der Waals surface area contributed by atoms with Crippen molar-refractivity contribution in [2.45, 2.75) is 6.92 Å². The normalized spacial score (nSPS) is 11.6. The highest BCUT2D eigenvalue weighted by atomic mass is 14.3. The van der Waals surface area contributed by atoms with E-state index in [0.29, 0.717) is 0 Å². The molecule has 0 radical (unpaired) electrons. The summed E-state index contributed by atoms with van der Waals surface area (Å²) in [7, 11) is 0. The molecule has 0 N–H and O–H groups in total. The van der Waals surface area contributed by atoms with Crippen molar-refractivity contribution < 1.29 is 0 Å². The third kappa shape index (κ3) is 5.61. The predicted octanol–water partition coefficient (Wildman–Crippen LogP) is 16.1. The van der Waals surface area contributed by atoms with Gasteiger partial charge in [0.05, 0.1) is 0 Å². The summed E-state index contributed by atoms with van der Waals surface area (Å²) in [5.74, 6) is 0. The van der Waals surface area contributed by atoms with Gasteiger partial charge in [-0.1, -0.05) is 194 Å². The molecule has 0 amide bonds. The molecule has 0 aliphatic heterocycles. The minimum atomic E-state index is 1.20. The molecule has 0 atom stereocenters. The quantitative estimate of drug-likeness (QED) is 0.155. The average Bonchev–Trinajstić information content (AvgIpc) is 3.28. The van der Waals surface area contributed by atoms with E-state index in [0.717, 1.165) is 0 Å². The maximum Gasteiger partial charge on any atom is -0.00137 e. The van der Waals surface area contributed by atoms with Crippen molar-refractivity contribution >= 4 is 53.9 Å². The molecule has 0 aliphatic rings. The number of aryl methyl sites for hydroxylation is 1. The fourth-order valence-electron chi connectivity index (χ4n) is 9.12. The summed E-state index contributed by atoms with van der Waals surface area (Å²) in [6, 6.07) is 78.8. The maximum absolute atomic E-state index is 2.48. The molecule has 266 valence electrons. The molecule has 11 aromatic rings. The molecular weight excluding hydrogens is 685 g/mol. The lowest BCUT2D eigenvalue weighted by Gasteiger charge is -2.22. The van der Waals surface area contributed by atoms with Gasteiger partial charge in [-0.15, -0.1) is 0 Å². The molecule has 0 heteroatoms. The zero-order chi connectivity index (χ0) is 37.9. The smallest absolute Gasteiger partial charge is 0.00137 e. The van der Waals surface area contributed by atoms with E-state index in [9.17, 15) is 0 Å². The fraction of sp³-hybridized carbons (Fsp3) is 0.0175. The molecule has 0 nitrogen and oxygen atoms in total. The first-order valence-electron chi connectivity index (χ1n) is 19.8. The van der Waals surface area contributed by atoms with Crippen molar-refractivity contribution in [3.63, 3.8) is 0 Å². The number of hydrogen-bond acceptors (Lipinski definition) is 0. The standard InChI is InChI=1S/C57H38/c1-37-25-27-38(28-26-37)44-29-31-48-49-32-30-45(53-34-43-18-6-5-17-42(43)33-52(53)41-13-3-2-4-14-41)36-55(49)57(51-24-12-20-40-16-8-10-22-47(40)51)56(54(48)35-44)50-23-11-19-39-15-7-9-21-46(39)50/h2-36H,1H3. The van der Waals surface area contributed by atoms with Gasteiger partial charge in [-0.3, -0.25) is 0 Å². The number of fused-ring (bicyclic) bond motifs is 6. The van der Waals surface area contributed by atoms with E-state index in [1.165, 1.54) is 115 Å². The van der Waals surface area contributed by atoms with Gasteiger partial charge in [0.2, 0.25) is 0 Å². The van der Waals surface area contributed by atoms with Crippen molar-refractivity contribution in [3.05, 3.63) is 218 Å². The van der Waals surface area contributed by atoms with Gasteiger partial charge in [0.1, 0.15) is 0 Å². The van der Waals surface area contributed by atoms with Crippen LogP contribution in [0.4, 0.5) is 0 Å². The second kappa shape index (κ2) is 13.5. The summed E-state index contributed by atoms with van der Waals surface area (Å²) in [6.07, 6.45) is 0. The largest absolute Gasteiger partial charge is 0.0622 e. The molecule has 0 aliphatic carbocycles.